The number of hydrogen-bond acceptors (Lipinski definition) is 3. The first-order chi connectivity index (χ1) is 9.27. The topological polar surface area (TPSA) is 34.1 Å². The monoisotopic (exact) mass is 284 g/mol. The molecule has 0 unspecified atom stereocenters. The highest BCUT2D eigenvalue weighted by Crippen LogP contribution is 2.22. The molecular weight excluding hydrogens is 260 g/mol. The van der Waals surface area contributed by atoms with Crippen molar-refractivity contribution in [2.75, 3.05) is 13.2 Å². The minimum atomic E-state index is 0.553. The fourth-order valence-corrected chi connectivity index (χ4v) is 2.06. The molecule has 1 aromatic heterocycles. The number of halogens is 1. The lowest BCUT2D eigenvalue weighted by Gasteiger charge is -2.08. The number of nitrogens with zero attached hydrogens (tertiary/aromatic N) is 1. The van der Waals surface area contributed by atoms with Crippen molar-refractivity contribution in [3.63, 3.8) is 0 Å². The lowest BCUT2D eigenvalue weighted by molar-refractivity contribution is 0.293. The molecular formula is C15H25ClN2O. The summed E-state index contributed by atoms with van der Waals surface area (Å²) in [7, 11) is 0. The Balaban J connectivity index is 2.29. The first-order valence-electron chi connectivity index (χ1n) is 7.25. The van der Waals surface area contributed by atoms with Crippen LogP contribution >= 0.6 is 11.6 Å². The van der Waals surface area contributed by atoms with Crippen LogP contribution in [0.25, 0.3) is 0 Å². The van der Waals surface area contributed by atoms with E-state index < -0.39 is 0 Å². The quantitative estimate of drug-likeness (QED) is 0.654. The summed E-state index contributed by atoms with van der Waals surface area (Å²) >= 11 is 6.16. The molecule has 0 saturated heterocycles. The van der Waals surface area contributed by atoms with Gasteiger partial charge in [0.1, 0.15) is 5.02 Å². The van der Waals surface area contributed by atoms with Gasteiger partial charge in [-0.3, -0.25) is 0 Å². The summed E-state index contributed by atoms with van der Waals surface area (Å²) in [5.41, 5.74) is 1.09. The highest BCUT2D eigenvalue weighted by Gasteiger charge is 2.04. The Morgan fingerprint density at radius 2 is 2.00 bits per heavy atom. The third-order valence-electron chi connectivity index (χ3n) is 2.93. The van der Waals surface area contributed by atoms with Crippen molar-refractivity contribution in [2.24, 2.45) is 0 Å². The Hall–Kier alpha value is -0.800. The van der Waals surface area contributed by atoms with Crippen LogP contribution in [0, 0.1) is 0 Å². The van der Waals surface area contributed by atoms with E-state index in [-0.39, 0.29) is 0 Å². The molecule has 1 rings (SSSR count). The molecule has 3 nitrogen and oxygen atoms in total. The van der Waals surface area contributed by atoms with Gasteiger partial charge in [0.2, 0.25) is 5.88 Å². The van der Waals surface area contributed by atoms with Gasteiger partial charge in [-0.1, -0.05) is 51.1 Å². The maximum Gasteiger partial charge on any atom is 0.232 e. The second kappa shape index (κ2) is 10.0. The lowest BCUT2D eigenvalue weighted by atomic mass is 10.2. The van der Waals surface area contributed by atoms with Gasteiger partial charge in [-0.15, -0.1) is 0 Å². The minimum absolute atomic E-state index is 0.553. The molecule has 0 aliphatic carbocycles. The van der Waals surface area contributed by atoms with Crippen LogP contribution in [0.4, 0.5) is 0 Å². The van der Waals surface area contributed by atoms with Crippen molar-refractivity contribution in [1.29, 1.82) is 0 Å². The van der Waals surface area contributed by atoms with Crippen molar-refractivity contribution in [1.82, 2.24) is 10.3 Å². The fourth-order valence-electron chi connectivity index (χ4n) is 1.81. The third-order valence-corrected chi connectivity index (χ3v) is 3.20. The molecule has 1 heterocycles. The summed E-state index contributed by atoms with van der Waals surface area (Å²) in [5, 5.41) is 3.84. The SMILES string of the molecule is CCCCCCCOc1ncc(CNCC)cc1Cl. The average Bonchev–Trinajstić information content (AvgIpc) is 2.42. The molecule has 4 heteroatoms. The Morgan fingerprint density at radius 3 is 2.68 bits per heavy atom. The molecule has 0 saturated carbocycles. The van der Waals surface area contributed by atoms with E-state index >= 15 is 0 Å². The molecule has 19 heavy (non-hydrogen) atoms. The van der Waals surface area contributed by atoms with E-state index in [0.717, 1.165) is 25.1 Å². The van der Waals surface area contributed by atoms with Crippen LogP contribution in [0.15, 0.2) is 12.3 Å². The minimum Gasteiger partial charge on any atom is -0.477 e. The van der Waals surface area contributed by atoms with Crippen LogP contribution in [0.2, 0.25) is 5.02 Å². The summed E-state index contributed by atoms with van der Waals surface area (Å²) < 4.78 is 5.61. The van der Waals surface area contributed by atoms with Crippen LogP contribution in [-0.2, 0) is 6.54 Å². The van der Waals surface area contributed by atoms with Gasteiger partial charge in [0.25, 0.3) is 0 Å². The summed E-state index contributed by atoms with van der Waals surface area (Å²) in [6, 6.07) is 1.92. The number of ether oxygens (including phenoxy) is 1. The molecule has 0 atom stereocenters. The number of nitrogens with one attached hydrogen (secondary N) is 1. The van der Waals surface area contributed by atoms with Gasteiger partial charge >= 0.3 is 0 Å². The highest BCUT2D eigenvalue weighted by atomic mass is 35.5. The van der Waals surface area contributed by atoms with Gasteiger partial charge in [0.15, 0.2) is 0 Å². The van der Waals surface area contributed by atoms with Gasteiger partial charge in [-0.2, -0.15) is 0 Å². The zero-order chi connectivity index (χ0) is 13.9. The van der Waals surface area contributed by atoms with Crippen LogP contribution in [0.5, 0.6) is 5.88 Å². The van der Waals surface area contributed by atoms with E-state index in [1.165, 1.54) is 25.7 Å². The van der Waals surface area contributed by atoms with E-state index in [2.05, 4.69) is 24.1 Å². The van der Waals surface area contributed by atoms with E-state index in [1.54, 1.807) is 0 Å². The summed E-state index contributed by atoms with van der Waals surface area (Å²) in [5.74, 6) is 0.553. The number of aromatic nitrogens is 1. The molecule has 0 spiro atoms. The van der Waals surface area contributed by atoms with Gasteiger partial charge < -0.3 is 10.1 Å². The first-order valence-corrected chi connectivity index (χ1v) is 7.63. The van der Waals surface area contributed by atoms with Gasteiger partial charge in [-0.05, 0) is 24.6 Å². The number of unbranched alkanes of at least 4 members (excludes halogenated alkanes) is 4. The first kappa shape index (κ1) is 16.3. The number of rotatable bonds is 10. The molecule has 0 amide bonds. The smallest absolute Gasteiger partial charge is 0.232 e. The summed E-state index contributed by atoms with van der Waals surface area (Å²) in [6.45, 7) is 6.72. The van der Waals surface area contributed by atoms with Gasteiger partial charge in [0, 0.05) is 12.7 Å². The number of pyridine rings is 1. The molecule has 0 radical (unpaired) electrons. The average molecular weight is 285 g/mol. The standard InChI is InChI=1S/C15H25ClN2O/c1-3-5-6-7-8-9-19-15-14(16)10-13(12-18-15)11-17-4-2/h10,12,17H,3-9,11H2,1-2H3. The molecule has 0 aromatic carbocycles. The Morgan fingerprint density at radius 1 is 1.21 bits per heavy atom. The Bertz CT molecular complexity index is 358. The fraction of sp³-hybridized carbons (Fsp3) is 0.667. The van der Waals surface area contributed by atoms with E-state index in [9.17, 15) is 0 Å². The predicted octanol–water partition coefficient (Wildman–Crippen LogP) is 4.19. The van der Waals surface area contributed by atoms with E-state index in [1.807, 2.05) is 12.3 Å². The Kier molecular flexibility index (Phi) is 8.59. The van der Waals surface area contributed by atoms with E-state index in [0.29, 0.717) is 17.5 Å². The normalized spacial score (nSPS) is 10.7. The molecule has 0 aliphatic heterocycles. The van der Waals surface area contributed by atoms with Crippen molar-refractivity contribution >= 4 is 11.6 Å². The van der Waals surface area contributed by atoms with Crippen LogP contribution in [0.3, 0.4) is 0 Å². The van der Waals surface area contributed by atoms with Crippen molar-refractivity contribution in [3.8, 4) is 5.88 Å². The second-order valence-electron chi connectivity index (χ2n) is 4.67. The molecule has 0 aliphatic rings. The number of hydrogen-bond donors (Lipinski definition) is 1. The third kappa shape index (κ3) is 6.79. The zero-order valence-electron chi connectivity index (χ0n) is 12.0. The second-order valence-corrected chi connectivity index (χ2v) is 5.08. The molecule has 1 aromatic rings. The maximum atomic E-state index is 6.16. The van der Waals surface area contributed by atoms with Gasteiger partial charge in [-0.25, -0.2) is 4.98 Å². The maximum absolute atomic E-state index is 6.16. The molecule has 0 fully saturated rings. The van der Waals surface area contributed by atoms with Crippen molar-refractivity contribution < 1.29 is 4.74 Å². The zero-order valence-corrected chi connectivity index (χ0v) is 12.8. The largest absolute Gasteiger partial charge is 0.477 e. The van der Waals surface area contributed by atoms with Gasteiger partial charge in [0.05, 0.1) is 6.61 Å². The highest BCUT2D eigenvalue weighted by molar-refractivity contribution is 6.31. The Labute approximate surface area is 121 Å². The van der Waals surface area contributed by atoms with Crippen LogP contribution in [-0.4, -0.2) is 18.1 Å². The predicted molar refractivity (Wildman–Crippen MR) is 80.9 cm³/mol. The van der Waals surface area contributed by atoms with E-state index in [4.69, 9.17) is 16.3 Å². The molecule has 108 valence electrons. The van der Waals surface area contributed by atoms with Crippen molar-refractivity contribution in [2.45, 2.75) is 52.5 Å². The molecule has 0 bridgehead atoms. The van der Waals surface area contributed by atoms with Crippen LogP contribution in [0.1, 0.15) is 51.5 Å². The lowest BCUT2D eigenvalue weighted by Crippen LogP contribution is -2.12. The van der Waals surface area contributed by atoms with Crippen LogP contribution < -0.4 is 10.1 Å². The molecule has 1 N–H and O–H groups in total. The summed E-state index contributed by atoms with van der Waals surface area (Å²) in [4.78, 5) is 4.27. The van der Waals surface area contributed by atoms with Crippen molar-refractivity contribution in [3.05, 3.63) is 22.8 Å². The summed E-state index contributed by atoms with van der Waals surface area (Å²) in [6.07, 6.45) is 7.95.